The van der Waals surface area contributed by atoms with Gasteiger partial charge in [0, 0.05) is 0 Å². The van der Waals surface area contributed by atoms with Crippen LogP contribution < -0.4 is 9.47 Å². The van der Waals surface area contributed by atoms with Gasteiger partial charge in [0.05, 0.1) is 0 Å². The maximum absolute atomic E-state index is 5.98. The zero-order valence-corrected chi connectivity index (χ0v) is 17.8. The molecule has 0 unspecified atom stereocenters. The SMILES string of the molecule is CCC(C)(C)Oc1ccc(OC/C=C(\C)c2ccc(-c3ccccc3)cc2)cc1. The van der Waals surface area contributed by atoms with Gasteiger partial charge in [-0.05, 0) is 79.8 Å². The standard InChI is InChI=1S/C27H30O2/c1-5-27(3,4)29-26-17-15-25(16-18-26)28-20-19-21(2)22-11-13-24(14-12-22)23-9-7-6-8-10-23/h6-19H,5,20H2,1-4H3/b21-19+. The van der Waals surface area contributed by atoms with Gasteiger partial charge in [-0.2, -0.15) is 0 Å². The first kappa shape index (κ1) is 20.7. The minimum absolute atomic E-state index is 0.154. The molecule has 3 rings (SSSR count). The molecule has 0 fully saturated rings. The van der Waals surface area contributed by atoms with Crippen LogP contribution in [0.15, 0.2) is 84.9 Å². The predicted molar refractivity (Wildman–Crippen MR) is 122 cm³/mol. The molecule has 2 nitrogen and oxygen atoms in total. The smallest absolute Gasteiger partial charge is 0.120 e. The van der Waals surface area contributed by atoms with Gasteiger partial charge < -0.3 is 9.47 Å². The van der Waals surface area contributed by atoms with Gasteiger partial charge in [0.25, 0.3) is 0 Å². The maximum atomic E-state index is 5.98. The van der Waals surface area contributed by atoms with Gasteiger partial charge in [-0.3, -0.25) is 0 Å². The number of rotatable bonds is 8. The van der Waals surface area contributed by atoms with Crippen LogP contribution in [0, 0.1) is 0 Å². The Hall–Kier alpha value is -3.00. The number of ether oxygens (including phenoxy) is 2. The molecule has 0 saturated heterocycles. The molecule has 2 heteroatoms. The molecule has 150 valence electrons. The molecule has 0 saturated carbocycles. The van der Waals surface area contributed by atoms with Crippen LogP contribution in [0.4, 0.5) is 0 Å². The van der Waals surface area contributed by atoms with Crippen LogP contribution in [0.2, 0.25) is 0 Å². The van der Waals surface area contributed by atoms with E-state index in [9.17, 15) is 0 Å². The molecule has 3 aromatic rings. The molecule has 29 heavy (non-hydrogen) atoms. The number of hydrogen-bond acceptors (Lipinski definition) is 2. The van der Waals surface area contributed by atoms with Gasteiger partial charge >= 0.3 is 0 Å². The highest BCUT2D eigenvalue weighted by atomic mass is 16.5. The van der Waals surface area contributed by atoms with E-state index in [-0.39, 0.29) is 5.60 Å². The molecule has 3 aromatic carbocycles. The summed E-state index contributed by atoms with van der Waals surface area (Å²) < 4.78 is 11.9. The second-order valence-electron chi connectivity index (χ2n) is 7.83. The molecule has 0 atom stereocenters. The van der Waals surface area contributed by atoms with Crippen LogP contribution in [-0.2, 0) is 0 Å². The zero-order valence-electron chi connectivity index (χ0n) is 17.8. The molecular weight excluding hydrogens is 356 g/mol. The van der Waals surface area contributed by atoms with E-state index in [4.69, 9.17) is 9.47 Å². The first-order chi connectivity index (χ1) is 14.0. The first-order valence-corrected chi connectivity index (χ1v) is 10.2. The summed E-state index contributed by atoms with van der Waals surface area (Å²) in [6.07, 6.45) is 3.07. The lowest BCUT2D eigenvalue weighted by Crippen LogP contribution is -2.26. The van der Waals surface area contributed by atoms with Gasteiger partial charge in [-0.15, -0.1) is 0 Å². The number of benzene rings is 3. The minimum atomic E-state index is -0.154. The maximum Gasteiger partial charge on any atom is 0.120 e. The highest BCUT2D eigenvalue weighted by molar-refractivity contribution is 5.69. The van der Waals surface area contributed by atoms with E-state index in [1.807, 2.05) is 30.3 Å². The quantitative estimate of drug-likeness (QED) is 0.401. The third-order valence-corrected chi connectivity index (χ3v) is 5.16. The van der Waals surface area contributed by atoms with Gasteiger partial charge in [-0.1, -0.05) is 61.5 Å². The summed E-state index contributed by atoms with van der Waals surface area (Å²) in [5.74, 6) is 1.71. The van der Waals surface area contributed by atoms with Crippen molar-refractivity contribution in [3.8, 4) is 22.6 Å². The predicted octanol–water partition coefficient (Wildman–Crippen LogP) is 7.40. The van der Waals surface area contributed by atoms with E-state index in [1.54, 1.807) is 0 Å². The largest absolute Gasteiger partial charge is 0.490 e. The van der Waals surface area contributed by atoms with E-state index in [1.165, 1.54) is 22.3 Å². The van der Waals surface area contributed by atoms with Gasteiger partial charge in [-0.25, -0.2) is 0 Å². The molecule has 0 heterocycles. The molecule has 0 aliphatic carbocycles. The van der Waals surface area contributed by atoms with Crippen LogP contribution in [-0.4, -0.2) is 12.2 Å². The van der Waals surface area contributed by atoms with E-state index in [0.29, 0.717) is 6.61 Å². The molecule has 0 bridgehead atoms. The highest BCUT2D eigenvalue weighted by Crippen LogP contribution is 2.24. The molecule has 0 spiro atoms. The number of allylic oxidation sites excluding steroid dienone is 1. The van der Waals surface area contributed by atoms with Crippen molar-refractivity contribution in [3.05, 3.63) is 90.5 Å². The van der Waals surface area contributed by atoms with Crippen LogP contribution in [0.3, 0.4) is 0 Å². The van der Waals surface area contributed by atoms with Crippen molar-refractivity contribution in [2.75, 3.05) is 6.61 Å². The summed E-state index contributed by atoms with van der Waals surface area (Å²) in [5, 5.41) is 0. The minimum Gasteiger partial charge on any atom is -0.490 e. The van der Waals surface area contributed by atoms with Crippen molar-refractivity contribution in [1.82, 2.24) is 0 Å². The highest BCUT2D eigenvalue weighted by Gasteiger charge is 2.16. The van der Waals surface area contributed by atoms with Gasteiger partial charge in [0.2, 0.25) is 0 Å². The normalized spacial score (nSPS) is 11.9. The van der Waals surface area contributed by atoms with E-state index < -0.39 is 0 Å². The Labute approximate surface area is 174 Å². The Bertz CT molecular complexity index is 921. The summed E-state index contributed by atoms with van der Waals surface area (Å²) in [6.45, 7) is 8.97. The Morgan fingerprint density at radius 1 is 0.793 bits per heavy atom. The fraction of sp³-hybridized carbons (Fsp3) is 0.259. The number of hydrogen-bond donors (Lipinski definition) is 0. The topological polar surface area (TPSA) is 18.5 Å². The lowest BCUT2D eigenvalue weighted by molar-refractivity contribution is 0.105. The Morgan fingerprint density at radius 3 is 2.00 bits per heavy atom. The van der Waals surface area contributed by atoms with E-state index in [0.717, 1.165) is 17.9 Å². The van der Waals surface area contributed by atoms with E-state index in [2.05, 4.69) is 82.3 Å². The van der Waals surface area contributed by atoms with Crippen LogP contribution in [0.25, 0.3) is 16.7 Å². The fourth-order valence-corrected chi connectivity index (χ4v) is 2.93. The second kappa shape index (κ2) is 9.47. The van der Waals surface area contributed by atoms with Crippen molar-refractivity contribution in [2.24, 2.45) is 0 Å². The Kier molecular flexibility index (Phi) is 6.77. The molecule has 0 aliphatic rings. The van der Waals surface area contributed by atoms with Crippen molar-refractivity contribution >= 4 is 5.57 Å². The van der Waals surface area contributed by atoms with Crippen LogP contribution >= 0.6 is 0 Å². The molecule has 0 aliphatic heterocycles. The third kappa shape index (κ3) is 5.99. The Morgan fingerprint density at radius 2 is 1.38 bits per heavy atom. The molecular formula is C27H30O2. The lowest BCUT2D eigenvalue weighted by atomic mass is 10.0. The molecule has 0 radical (unpaired) electrons. The average molecular weight is 387 g/mol. The average Bonchev–Trinajstić information content (AvgIpc) is 2.75. The second-order valence-corrected chi connectivity index (χ2v) is 7.83. The zero-order chi connectivity index (χ0) is 20.7. The van der Waals surface area contributed by atoms with Gasteiger partial charge in [0.1, 0.15) is 23.7 Å². The first-order valence-electron chi connectivity index (χ1n) is 10.2. The van der Waals surface area contributed by atoms with Crippen molar-refractivity contribution < 1.29 is 9.47 Å². The summed E-state index contributed by atoms with van der Waals surface area (Å²) in [7, 11) is 0. The van der Waals surface area contributed by atoms with Crippen LogP contribution in [0.5, 0.6) is 11.5 Å². The van der Waals surface area contributed by atoms with Crippen molar-refractivity contribution in [3.63, 3.8) is 0 Å². The lowest BCUT2D eigenvalue weighted by Gasteiger charge is -2.24. The van der Waals surface area contributed by atoms with E-state index >= 15 is 0 Å². The molecule has 0 aromatic heterocycles. The molecule has 0 N–H and O–H groups in total. The summed E-state index contributed by atoms with van der Waals surface area (Å²) >= 11 is 0. The third-order valence-electron chi connectivity index (χ3n) is 5.16. The van der Waals surface area contributed by atoms with Crippen molar-refractivity contribution in [2.45, 2.75) is 39.7 Å². The summed E-state index contributed by atoms with van der Waals surface area (Å²) in [6, 6.07) is 26.9. The monoisotopic (exact) mass is 386 g/mol. The Balaban J connectivity index is 1.56. The van der Waals surface area contributed by atoms with Crippen LogP contribution in [0.1, 0.15) is 39.7 Å². The summed E-state index contributed by atoms with van der Waals surface area (Å²) in [5.41, 5.74) is 4.72. The fourth-order valence-electron chi connectivity index (χ4n) is 2.93. The summed E-state index contributed by atoms with van der Waals surface area (Å²) in [4.78, 5) is 0. The molecule has 0 amide bonds. The van der Waals surface area contributed by atoms with Crippen molar-refractivity contribution in [1.29, 1.82) is 0 Å². The van der Waals surface area contributed by atoms with Gasteiger partial charge in [0.15, 0.2) is 0 Å².